The van der Waals surface area contributed by atoms with Gasteiger partial charge in [-0.3, -0.25) is 19.3 Å². The molecule has 0 bridgehead atoms. The van der Waals surface area contributed by atoms with Gasteiger partial charge in [-0.15, -0.1) is 11.3 Å². The fourth-order valence-corrected chi connectivity index (χ4v) is 5.48. The maximum absolute atomic E-state index is 12.6. The monoisotopic (exact) mass is 420 g/mol. The molecule has 3 rings (SSSR count). The predicted molar refractivity (Wildman–Crippen MR) is 115 cm³/mol. The molecular formula is C21H32N4O3S. The van der Waals surface area contributed by atoms with Gasteiger partial charge in [0.1, 0.15) is 5.00 Å². The van der Waals surface area contributed by atoms with E-state index in [0.29, 0.717) is 42.7 Å². The maximum atomic E-state index is 12.6. The smallest absolute Gasteiger partial charge is 0.251 e. The van der Waals surface area contributed by atoms with Gasteiger partial charge in [-0.1, -0.05) is 27.7 Å². The quantitative estimate of drug-likeness (QED) is 0.780. The Labute approximate surface area is 176 Å². The first-order valence-corrected chi connectivity index (χ1v) is 11.1. The Morgan fingerprint density at radius 3 is 2.41 bits per heavy atom. The van der Waals surface area contributed by atoms with Gasteiger partial charge in [0.15, 0.2) is 0 Å². The Balaban J connectivity index is 1.60. The lowest BCUT2D eigenvalue weighted by atomic mass is 9.88. The van der Waals surface area contributed by atoms with Crippen LogP contribution < -0.4 is 11.1 Å². The second-order valence-electron chi connectivity index (χ2n) is 9.29. The first-order valence-electron chi connectivity index (χ1n) is 10.3. The number of fused-ring (bicyclic) bond motifs is 1. The van der Waals surface area contributed by atoms with Crippen molar-refractivity contribution in [3.05, 3.63) is 16.0 Å². The van der Waals surface area contributed by atoms with Crippen LogP contribution in [0.2, 0.25) is 0 Å². The van der Waals surface area contributed by atoms with Crippen molar-refractivity contribution < 1.29 is 14.4 Å². The van der Waals surface area contributed by atoms with Crippen LogP contribution in [-0.4, -0.2) is 60.2 Å². The van der Waals surface area contributed by atoms with Gasteiger partial charge in [0.25, 0.3) is 5.91 Å². The Hall–Kier alpha value is -1.93. The van der Waals surface area contributed by atoms with E-state index in [1.54, 1.807) is 0 Å². The van der Waals surface area contributed by atoms with Gasteiger partial charge in [-0.2, -0.15) is 0 Å². The van der Waals surface area contributed by atoms with E-state index in [2.05, 4.69) is 12.2 Å². The Morgan fingerprint density at radius 1 is 1.17 bits per heavy atom. The van der Waals surface area contributed by atoms with Crippen LogP contribution in [0.3, 0.4) is 0 Å². The Morgan fingerprint density at radius 2 is 1.83 bits per heavy atom. The SMILES string of the molecule is C[C@@H]1CCc2c(sc(NC(=O)CN3CCN(C(=O)C(C)(C)C)CC3)c2C(N)=O)C1. The topological polar surface area (TPSA) is 95.7 Å². The molecular weight excluding hydrogens is 388 g/mol. The molecule has 2 aliphatic rings. The number of carbonyl (C=O) groups excluding carboxylic acids is 3. The van der Waals surface area contributed by atoms with Crippen molar-refractivity contribution in [1.82, 2.24) is 9.80 Å². The van der Waals surface area contributed by atoms with E-state index in [0.717, 1.165) is 24.8 Å². The molecule has 0 unspecified atom stereocenters. The number of nitrogens with two attached hydrogens (primary N) is 1. The summed E-state index contributed by atoms with van der Waals surface area (Å²) in [6.07, 6.45) is 2.81. The van der Waals surface area contributed by atoms with Crippen LogP contribution in [0.1, 0.15) is 54.9 Å². The first-order chi connectivity index (χ1) is 13.6. The molecule has 29 heavy (non-hydrogen) atoms. The summed E-state index contributed by atoms with van der Waals surface area (Å²) in [5.41, 5.74) is 6.75. The largest absolute Gasteiger partial charge is 0.365 e. The summed E-state index contributed by atoms with van der Waals surface area (Å²) < 4.78 is 0. The standard InChI is InChI=1S/C21H32N4O3S/c1-13-5-6-14-15(11-13)29-19(17(14)18(22)27)23-16(26)12-24-7-9-25(10-8-24)20(28)21(2,3)4/h13H,5-12H2,1-4H3,(H2,22,27)(H,23,26)/t13-/m1/s1. The van der Waals surface area contributed by atoms with E-state index in [9.17, 15) is 14.4 Å². The highest BCUT2D eigenvalue weighted by molar-refractivity contribution is 7.17. The number of carbonyl (C=O) groups is 3. The summed E-state index contributed by atoms with van der Waals surface area (Å²) >= 11 is 1.49. The molecule has 1 aromatic heterocycles. The van der Waals surface area contributed by atoms with Crippen molar-refractivity contribution in [3.8, 4) is 0 Å². The summed E-state index contributed by atoms with van der Waals surface area (Å²) in [7, 11) is 0. The third kappa shape index (κ3) is 4.98. The third-order valence-electron chi connectivity index (χ3n) is 5.68. The molecule has 1 saturated heterocycles. The second kappa shape index (κ2) is 8.44. The van der Waals surface area contributed by atoms with Crippen molar-refractivity contribution in [1.29, 1.82) is 0 Å². The summed E-state index contributed by atoms with van der Waals surface area (Å²) in [5, 5.41) is 3.51. The zero-order valence-corrected chi connectivity index (χ0v) is 18.7. The molecule has 0 radical (unpaired) electrons. The second-order valence-corrected chi connectivity index (χ2v) is 10.4. The minimum absolute atomic E-state index is 0.144. The van der Waals surface area contributed by atoms with Gasteiger partial charge in [0, 0.05) is 36.5 Å². The lowest BCUT2D eigenvalue weighted by Gasteiger charge is -2.37. The zero-order valence-electron chi connectivity index (χ0n) is 17.8. The van der Waals surface area contributed by atoms with Gasteiger partial charge < -0.3 is 16.0 Å². The maximum Gasteiger partial charge on any atom is 0.251 e. The lowest BCUT2D eigenvalue weighted by Crippen LogP contribution is -2.52. The van der Waals surface area contributed by atoms with Crippen molar-refractivity contribution in [2.24, 2.45) is 17.1 Å². The summed E-state index contributed by atoms with van der Waals surface area (Å²) in [5.74, 6) is 0.111. The summed E-state index contributed by atoms with van der Waals surface area (Å²) in [6.45, 7) is 10.8. The Bertz CT molecular complexity index is 804. The number of hydrogen-bond acceptors (Lipinski definition) is 5. The molecule has 1 atom stereocenters. The van der Waals surface area contributed by atoms with Gasteiger partial charge in [0.05, 0.1) is 12.1 Å². The van der Waals surface area contributed by atoms with E-state index >= 15 is 0 Å². The number of amides is 3. The van der Waals surface area contributed by atoms with Crippen LogP contribution in [0.25, 0.3) is 0 Å². The van der Waals surface area contributed by atoms with Crippen LogP contribution in [0, 0.1) is 11.3 Å². The molecule has 1 aromatic rings. The van der Waals surface area contributed by atoms with E-state index < -0.39 is 5.91 Å². The van der Waals surface area contributed by atoms with E-state index in [4.69, 9.17) is 5.73 Å². The van der Waals surface area contributed by atoms with Gasteiger partial charge in [0.2, 0.25) is 11.8 Å². The van der Waals surface area contributed by atoms with E-state index in [-0.39, 0.29) is 23.8 Å². The number of anilines is 1. The van der Waals surface area contributed by atoms with E-state index in [1.165, 1.54) is 16.2 Å². The number of hydrogen-bond donors (Lipinski definition) is 2. The average molecular weight is 421 g/mol. The van der Waals surface area contributed by atoms with Gasteiger partial charge in [-0.05, 0) is 30.7 Å². The van der Waals surface area contributed by atoms with Crippen molar-refractivity contribution in [2.75, 3.05) is 38.0 Å². The molecule has 1 fully saturated rings. The summed E-state index contributed by atoms with van der Waals surface area (Å²) in [6, 6.07) is 0. The third-order valence-corrected chi connectivity index (χ3v) is 6.85. The molecule has 7 nitrogen and oxygen atoms in total. The van der Waals surface area contributed by atoms with Gasteiger partial charge >= 0.3 is 0 Å². The van der Waals surface area contributed by atoms with Crippen molar-refractivity contribution >= 4 is 34.1 Å². The number of rotatable bonds is 4. The van der Waals surface area contributed by atoms with Crippen molar-refractivity contribution in [2.45, 2.75) is 47.0 Å². The molecule has 2 heterocycles. The van der Waals surface area contributed by atoms with Crippen LogP contribution in [0.15, 0.2) is 0 Å². The number of piperazine rings is 1. The predicted octanol–water partition coefficient (Wildman–Crippen LogP) is 2.10. The van der Waals surface area contributed by atoms with Gasteiger partial charge in [-0.25, -0.2) is 0 Å². The molecule has 0 spiro atoms. The normalized spacial score (nSPS) is 20.3. The number of nitrogens with one attached hydrogen (secondary N) is 1. The first kappa shape index (κ1) is 21.8. The molecule has 3 amide bonds. The molecule has 0 aromatic carbocycles. The highest BCUT2D eigenvalue weighted by atomic mass is 32.1. The van der Waals surface area contributed by atoms with Crippen LogP contribution in [-0.2, 0) is 22.4 Å². The van der Waals surface area contributed by atoms with Crippen LogP contribution in [0.5, 0.6) is 0 Å². The fourth-order valence-electron chi connectivity index (χ4n) is 4.05. The number of thiophene rings is 1. The number of nitrogens with zero attached hydrogens (tertiary/aromatic N) is 2. The highest BCUT2D eigenvalue weighted by Crippen LogP contribution is 2.39. The van der Waals surface area contributed by atoms with Crippen LogP contribution in [0.4, 0.5) is 5.00 Å². The minimum atomic E-state index is -0.471. The highest BCUT2D eigenvalue weighted by Gasteiger charge is 2.31. The minimum Gasteiger partial charge on any atom is -0.365 e. The van der Waals surface area contributed by atoms with E-state index in [1.807, 2.05) is 30.6 Å². The molecule has 8 heteroatoms. The average Bonchev–Trinajstić information content (AvgIpc) is 2.97. The fraction of sp³-hybridized carbons (Fsp3) is 0.667. The molecule has 3 N–H and O–H groups in total. The van der Waals surface area contributed by atoms with Crippen LogP contribution >= 0.6 is 11.3 Å². The lowest BCUT2D eigenvalue weighted by molar-refractivity contribution is -0.141. The molecule has 160 valence electrons. The summed E-state index contributed by atoms with van der Waals surface area (Å²) in [4.78, 5) is 42.1. The zero-order chi connectivity index (χ0) is 21.3. The molecule has 0 saturated carbocycles. The Kier molecular flexibility index (Phi) is 6.33. The van der Waals surface area contributed by atoms with Crippen molar-refractivity contribution in [3.63, 3.8) is 0 Å². The molecule has 1 aliphatic heterocycles. The number of primary amides is 1. The molecule has 1 aliphatic carbocycles.